The van der Waals surface area contributed by atoms with Crippen molar-refractivity contribution in [2.45, 2.75) is 61.8 Å². The van der Waals surface area contributed by atoms with Crippen LogP contribution in [0, 0.1) is 36.4 Å². The Hall–Kier alpha value is -7.09. The monoisotopic (exact) mass is 1410 g/mol. The van der Waals surface area contributed by atoms with Crippen molar-refractivity contribution in [2.75, 3.05) is 0 Å². The second kappa shape index (κ2) is 36.4. The van der Waals surface area contributed by atoms with Crippen LogP contribution in [0.3, 0.4) is 0 Å². The minimum Gasteiger partial charge on any atom is -0.226 e. The molecular formula is C89H74Y3-6. The molecule has 0 atom stereocenters. The Balaban J connectivity index is 0.000000166. The van der Waals surface area contributed by atoms with E-state index in [2.05, 4.69) is 297 Å². The standard InChI is InChI=1S/C21H14.3C20H12.4C2H6.3Y/c1-3-7-18-14(5-1)9-11-16-13-17-12-10-15-6-2-4-8-19(15)21(17)20(16)18;2*1-3-7-17-13-19(11-9-15(17)5-1)20-12-10-16-6-2-4-8-18(16)14-20;1-2-8-17-14-18(13-12-15(17)6-1)20-11-5-9-16-7-3-4-10-19(16)20;4*1-2;;;/h1-12H,13H2;1-10,13-14H;1-12H;1-10,12,14H;4*1-2H3;;;/q;3*-2;;;;;;;. The average Bonchev–Trinajstić information content (AvgIpc) is 1.59. The van der Waals surface area contributed by atoms with Gasteiger partial charge in [-0.2, -0.15) is 83.9 Å². The van der Waals surface area contributed by atoms with Gasteiger partial charge in [0, 0.05) is 98.1 Å². The van der Waals surface area contributed by atoms with Gasteiger partial charge in [-0.3, -0.25) is 0 Å². The molecule has 17 rings (SSSR count). The predicted octanol–water partition coefficient (Wildman–Crippen LogP) is 25.4. The molecule has 0 unspecified atom stereocenters. The number of benzene rings is 16. The van der Waals surface area contributed by atoms with Crippen LogP contribution in [0.5, 0.6) is 0 Å². The van der Waals surface area contributed by atoms with Crippen molar-refractivity contribution in [1.82, 2.24) is 0 Å². The molecule has 16 aromatic carbocycles. The van der Waals surface area contributed by atoms with Gasteiger partial charge >= 0.3 is 0 Å². The Bertz CT molecular complexity index is 4590. The third kappa shape index (κ3) is 16.8. The summed E-state index contributed by atoms with van der Waals surface area (Å²) >= 11 is 0. The van der Waals surface area contributed by atoms with Crippen molar-refractivity contribution in [3.8, 4) is 44.5 Å². The van der Waals surface area contributed by atoms with E-state index in [1.54, 1.807) is 0 Å². The van der Waals surface area contributed by atoms with Gasteiger partial charge in [0.1, 0.15) is 0 Å². The molecule has 0 heterocycles. The number of rotatable bonds is 3. The largest absolute Gasteiger partial charge is 0.226 e. The second-order valence-electron chi connectivity index (χ2n) is 20.6. The molecule has 16 aromatic rings. The van der Waals surface area contributed by atoms with Crippen LogP contribution < -0.4 is 0 Å². The van der Waals surface area contributed by atoms with E-state index in [1.807, 2.05) is 85.7 Å². The van der Waals surface area contributed by atoms with Gasteiger partial charge < -0.3 is 0 Å². The smallest absolute Gasteiger partial charge is 0 e. The summed E-state index contributed by atoms with van der Waals surface area (Å²) in [6.45, 7) is 16.0. The fourth-order valence-corrected chi connectivity index (χ4v) is 11.5. The van der Waals surface area contributed by atoms with Gasteiger partial charge in [-0.05, 0) is 50.2 Å². The second-order valence-corrected chi connectivity index (χ2v) is 20.6. The first kappa shape index (κ1) is 72.3. The van der Waals surface area contributed by atoms with Gasteiger partial charge in [0.05, 0.1) is 0 Å². The molecule has 0 saturated carbocycles. The zero-order chi connectivity index (χ0) is 61.9. The molecule has 0 amide bonds. The van der Waals surface area contributed by atoms with E-state index in [9.17, 15) is 0 Å². The predicted molar refractivity (Wildman–Crippen MR) is 389 cm³/mol. The van der Waals surface area contributed by atoms with Gasteiger partial charge in [0.25, 0.3) is 0 Å². The van der Waals surface area contributed by atoms with E-state index in [1.165, 1.54) is 97.7 Å². The van der Waals surface area contributed by atoms with Gasteiger partial charge in [-0.1, -0.05) is 266 Å². The summed E-state index contributed by atoms with van der Waals surface area (Å²) in [5.41, 5.74) is 12.4. The zero-order valence-corrected chi connectivity index (χ0v) is 62.7. The Labute approximate surface area is 622 Å². The quantitative estimate of drug-likeness (QED) is 0.155. The van der Waals surface area contributed by atoms with Crippen LogP contribution in [0.15, 0.2) is 291 Å². The summed E-state index contributed by atoms with van der Waals surface area (Å²) in [4.78, 5) is 0. The molecule has 1 aliphatic carbocycles. The van der Waals surface area contributed by atoms with Gasteiger partial charge in [-0.15, -0.1) is 108 Å². The molecule has 0 N–H and O–H groups in total. The van der Waals surface area contributed by atoms with Crippen LogP contribution in [-0.2, 0) is 105 Å². The summed E-state index contributed by atoms with van der Waals surface area (Å²) in [6, 6.07) is 122. The van der Waals surface area contributed by atoms with Crippen LogP contribution in [0.2, 0.25) is 0 Å². The van der Waals surface area contributed by atoms with Crippen molar-refractivity contribution < 1.29 is 98.1 Å². The van der Waals surface area contributed by atoms with Gasteiger partial charge in [0.15, 0.2) is 0 Å². The molecular weight excluding hydrogens is 1340 g/mol. The zero-order valence-electron chi connectivity index (χ0n) is 54.2. The normalized spacial score (nSPS) is 10.3. The topological polar surface area (TPSA) is 0 Å². The van der Waals surface area contributed by atoms with Crippen molar-refractivity contribution in [3.63, 3.8) is 0 Å². The minimum absolute atomic E-state index is 0. The summed E-state index contributed by atoms with van der Waals surface area (Å²) in [5.74, 6) is 0. The van der Waals surface area contributed by atoms with E-state index < -0.39 is 0 Å². The maximum absolute atomic E-state index is 3.48. The van der Waals surface area contributed by atoms with Crippen molar-refractivity contribution >= 4 is 86.2 Å². The van der Waals surface area contributed by atoms with Crippen LogP contribution in [0.4, 0.5) is 0 Å². The van der Waals surface area contributed by atoms with Crippen molar-refractivity contribution in [1.29, 1.82) is 0 Å². The Morgan fingerprint density at radius 2 is 0.543 bits per heavy atom. The molecule has 0 saturated heterocycles. The molecule has 445 valence electrons. The summed E-state index contributed by atoms with van der Waals surface area (Å²) in [7, 11) is 0. The van der Waals surface area contributed by atoms with Gasteiger partial charge in [0.2, 0.25) is 0 Å². The van der Waals surface area contributed by atoms with Crippen LogP contribution >= 0.6 is 0 Å². The summed E-state index contributed by atoms with van der Waals surface area (Å²) in [6.07, 6.45) is 1.06. The molecule has 0 aromatic heterocycles. The van der Waals surface area contributed by atoms with E-state index in [-0.39, 0.29) is 98.1 Å². The Morgan fingerprint density at radius 3 is 0.957 bits per heavy atom. The molecule has 0 spiro atoms. The number of hydrogen-bond donors (Lipinski definition) is 0. The molecule has 0 bridgehead atoms. The molecule has 0 aliphatic heterocycles. The average molecular weight is 1410 g/mol. The summed E-state index contributed by atoms with van der Waals surface area (Å²) in [5, 5.41) is 20.0. The molecule has 1 aliphatic rings. The fourth-order valence-electron chi connectivity index (χ4n) is 11.5. The van der Waals surface area contributed by atoms with Crippen LogP contribution in [-0.4, -0.2) is 0 Å². The minimum atomic E-state index is 0. The van der Waals surface area contributed by atoms with Crippen molar-refractivity contribution in [3.05, 3.63) is 339 Å². The van der Waals surface area contributed by atoms with Gasteiger partial charge in [-0.25, -0.2) is 22.3 Å². The maximum atomic E-state index is 3.48. The van der Waals surface area contributed by atoms with E-state index >= 15 is 0 Å². The SMILES string of the molecule is CC.CC.CC.CC.[Y].[Y].[Y].[c-]1c(-c2[c-]c3ccccc3cc2)ccc2ccccc12.[c-]1cc2ccccc2cc1-c1[c-]cc2ccccc2c1.[c-]1cc2ccccc2cc1-c1[c-]ccc2ccccc12.c1ccc2c3c(ccc2c1)Cc1ccc2ccccc2c1-3. The molecule has 3 radical (unpaired) electrons. The number of hydrogen-bond acceptors (Lipinski definition) is 0. The van der Waals surface area contributed by atoms with Crippen LogP contribution in [0.25, 0.3) is 131 Å². The Kier molecular flexibility index (Phi) is 28.6. The summed E-state index contributed by atoms with van der Waals surface area (Å²) < 4.78 is 0. The third-order valence-electron chi connectivity index (χ3n) is 15.6. The molecule has 0 nitrogen and oxygen atoms in total. The number of fused-ring (bicyclic) bond motifs is 13. The van der Waals surface area contributed by atoms with E-state index in [0.717, 1.165) is 50.6 Å². The maximum Gasteiger partial charge on any atom is 0 e. The third-order valence-corrected chi connectivity index (χ3v) is 15.6. The first-order valence-corrected chi connectivity index (χ1v) is 31.6. The van der Waals surface area contributed by atoms with E-state index in [0.29, 0.717) is 0 Å². The molecule has 0 fully saturated rings. The molecule has 3 heteroatoms. The van der Waals surface area contributed by atoms with Crippen molar-refractivity contribution in [2.24, 2.45) is 0 Å². The van der Waals surface area contributed by atoms with E-state index in [4.69, 9.17) is 0 Å². The Morgan fingerprint density at radius 1 is 0.239 bits per heavy atom. The molecule has 92 heavy (non-hydrogen) atoms. The fraction of sp³-hybridized carbons (Fsp3) is 0.101. The van der Waals surface area contributed by atoms with Crippen LogP contribution in [0.1, 0.15) is 66.5 Å². The first-order chi connectivity index (χ1) is 44.1. The first-order valence-electron chi connectivity index (χ1n) is 31.6.